The first-order chi connectivity index (χ1) is 13.2. The van der Waals surface area contributed by atoms with Crippen LogP contribution in [0.15, 0.2) is 53.4 Å². The molecule has 1 amide bonds. The van der Waals surface area contributed by atoms with Crippen LogP contribution in [-0.2, 0) is 4.79 Å². The Morgan fingerprint density at radius 1 is 1.19 bits per heavy atom. The van der Waals surface area contributed by atoms with E-state index in [0.29, 0.717) is 17.3 Å². The highest BCUT2D eigenvalue weighted by molar-refractivity contribution is 8.00. The molecule has 1 aliphatic heterocycles. The molecule has 0 aromatic heterocycles. The van der Waals surface area contributed by atoms with Gasteiger partial charge >= 0.3 is 0 Å². The average Bonchev–Trinajstić information content (AvgIpc) is 3.22. The summed E-state index contributed by atoms with van der Waals surface area (Å²) in [6.07, 6.45) is 2.42. The molecule has 0 bridgehead atoms. The van der Waals surface area contributed by atoms with Crippen LogP contribution in [-0.4, -0.2) is 43.3 Å². The number of carbonyl (C=O) groups is 1. The number of hydrogen-bond acceptors (Lipinski definition) is 4. The molecule has 27 heavy (non-hydrogen) atoms. The van der Waals surface area contributed by atoms with Crippen molar-refractivity contribution >= 4 is 29.3 Å². The fourth-order valence-corrected chi connectivity index (χ4v) is 4.37. The van der Waals surface area contributed by atoms with Gasteiger partial charge in [0.15, 0.2) is 0 Å². The third-order valence-electron chi connectivity index (χ3n) is 4.77. The highest BCUT2D eigenvalue weighted by atomic mass is 35.5. The number of ether oxygens (including phenoxy) is 1. The van der Waals surface area contributed by atoms with Gasteiger partial charge in [-0.05, 0) is 55.8 Å². The first-order valence-electron chi connectivity index (χ1n) is 9.19. The predicted octanol–water partition coefficient (Wildman–Crippen LogP) is 4.39. The number of rotatable bonds is 8. The second-order valence-electron chi connectivity index (χ2n) is 6.56. The Balaban J connectivity index is 1.58. The highest BCUT2D eigenvalue weighted by Crippen LogP contribution is 2.28. The molecule has 1 heterocycles. The molecule has 2 aromatic rings. The monoisotopic (exact) mass is 404 g/mol. The van der Waals surface area contributed by atoms with Crippen molar-refractivity contribution in [2.45, 2.75) is 23.8 Å². The Labute approximate surface area is 170 Å². The summed E-state index contributed by atoms with van der Waals surface area (Å²) in [7, 11) is 1.67. The SMILES string of the molecule is COc1ccc(C(CNC(=O)CSc2ccccc2Cl)N2CCCC2)cc1. The second-order valence-corrected chi connectivity index (χ2v) is 7.98. The minimum Gasteiger partial charge on any atom is -0.497 e. The van der Waals surface area contributed by atoms with Crippen molar-refractivity contribution in [2.24, 2.45) is 0 Å². The molecule has 1 aliphatic rings. The van der Waals surface area contributed by atoms with Crippen LogP contribution in [0.25, 0.3) is 0 Å². The van der Waals surface area contributed by atoms with E-state index in [-0.39, 0.29) is 11.9 Å². The summed E-state index contributed by atoms with van der Waals surface area (Å²) in [6.45, 7) is 2.75. The maximum Gasteiger partial charge on any atom is 0.230 e. The third-order valence-corrected chi connectivity index (χ3v) is 6.29. The van der Waals surface area contributed by atoms with E-state index in [9.17, 15) is 4.79 Å². The van der Waals surface area contributed by atoms with Crippen molar-refractivity contribution in [3.05, 3.63) is 59.1 Å². The van der Waals surface area contributed by atoms with E-state index in [2.05, 4.69) is 22.3 Å². The molecule has 6 heteroatoms. The van der Waals surface area contributed by atoms with Crippen LogP contribution in [0.4, 0.5) is 0 Å². The fraction of sp³-hybridized carbons (Fsp3) is 0.381. The van der Waals surface area contributed by atoms with Gasteiger partial charge in [0.25, 0.3) is 0 Å². The number of amides is 1. The number of likely N-dealkylation sites (tertiary alicyclic amines) is 1. The summed E-state index contributed by atoms with van der Waals surface area (Å²) in [5.74, 6) is 1.23. The third kappa shape index (κ3) is 5.64. The molecular weight excluding hydrogens is 380 g/mol. The summed E-state index contributed by atoms with van der Waals surface area (Å²) in [5, 5.41) is 3.78. The molecule has 1 fully saturated rings. The van der Waals surface area contributed by atoms with Gasteiger partial charge in [0.05, 0.1) is 23.9 Å². The van der Waals surface area contributed by atoms with Crippen molar-refractivity contribution in [1.82, 2.24) is 10.2 Å². The molecular formula is C21H25ClN2O2S. The maximum absolute atomic E-state index is 12.4. The van der Waals surface area contributed by atoms with Gasteiger partial charge in [-0.15, -0.1) is 11.8 Å². The maximum atomic E-state index is 12.4. The normalized spacial score (nSPS) is 15.5. The van der Waals surface area contributed by atoms with Crippen molar-refractivity contribution in [3.63, 3.8) is 0 Å². The largest absolute Gasteiger partial charge is 0.497 e. The fourth-order valence-electron chi connectivity index (χ4n) is 3.30. The number of hydrogen-bond donors (Lipinski definition) is 1. The summed E-state index contributed by atoms with van der Waals surface area (Å²) in [4.78, 5) is 15.7. The number of halogens is 1. The molecule has 0 spiro atoms. The lowest BCUT2D eigenvalue weighted by molar-refractivity contribution is -0.118. The number of nitrogens with zero attached hydrogens (tertiary/aromatic N) is 1. The minimum absolute atomic E-state index is 0.0256. The van der Waals surface area contributed by atoms with Gasteiger partial charge in [-0.3, -0.25) is 9.69 Å². The molecule has 2 aromatic carbocycles. The summed E-state index contributed by atoms with van der Waals surface area (Å²) < 4.78 is 5.26. The van der Waals surface area contributed by atoms with Crippen LogP contribution in [0.2, 0.25) is 5.02 Å². The molecule has 0 saturated carbocycles. The molecule has 4 nitrogen and oxygen atoms in total. The Hall–Kier alpha value is -1.69. The van der Waals surface area contributed by atoms with Gasteiger partial charge in [0.1, 0.15) is 5.75 Å². The molecule has 144 valence electrons. The predicted molar refractivity (Wildman–Crippen MR) is 112 cm³/mol. The Bertz CT molecular complexity index is 748. The van der Waals surface area contributed by atoms with Crippen LogP contribution in [0.3, 0.4) is 0 Å². The average molecular weight is 405 g/mol. The molecule has 3 rings (SSSR count). The Morgan fingerprint density at radius 3 is 2.56 bits per heavy atom. The summed E-state index contributed by atoms with van der Waals surface area (Å²) >= 11 is 7.62. The van der Waals surface area contributed by atoms with Gasteiger partial charge in [0, 0.05) is 11.4 Å². The van der Waals surface area contributed by atoms with Gasteiger partial charge in [-0.25, -0.2) is 0 Å². The zero-order chi connectivity index (χ0) is 19.1. The van der Waals surface area contributed by atoms with E-state index in [1.54, 1.807) is 7.11 Å². The lowest BCUT2D eigenvalue weighted by Gasteiger charge is -2.28. The minimum atomic E-state index is 0.0256. The number of nitrogens with one attached hydrogen (secondary N) is 1. The lowest BCUT2D eigenvalue weighted by Crippen LogP contribution is -2.37. The van der Waals surface area contributed by atoms with Crippen LogP contribution < -0.4 is 10.1 Å². The van der Waals surface area contributed by atoms with Crippen LogP contribution in [0.1, 0.15) is 24.4 Å². The second kappa shape index (κ2) is 10.0. The molecule has 1 saturated heterocycles. The van der Waals surface area contributed by atoms with E-state index in [1.165, 1.54) is 30.2 Å². The standard InChI is InChI=1S/C21H25ClN2O2S/c1-26-17-10-8-16(9-11-17)19(24-12-4-5-13-24)14-23-21(25)15-27-20-7-3-2-6-18(20)22/h2-3,6-11,19H,4-5,12-15H2,1H3,(H,23,25). The lowest BCUT2D eigenvalue weighted by atomic mass is 10.1. The van der Waals surface area contributed by atoms with E-state index in [4.69, 9.17) is 16.3 Å². The van der Waals surface area contributed by atoms with Crippen molar-refractivity contribution in [3.8, 4) is 5.75 Å². The first-order valence-corrected chi connectivity index (χ1v) is 10.6. The molecule has 1 N–H and O–H groups in total. The molecule has 1 atom stereocenters. The summed E-state index contributed by atoms with van der Waals surface area (Å²) in [6, 6.07) is 15.9. The van der Waals surface area contributed by atoms with Gasteiger partial charge in [-0.2, -0.15) is 0 Å². The van der Waals surface area contributed by atoms with Crippen LogP contribution >= 0.6 is 23.4 Å². The molecule has 1 unspecified atom stereocenters. The van der Waals surface area contributed by atoms with Gasteiger partial charge in [0.2, 0.25) is 5.91 Å². The van der Waals surface area contributed by atoms with Crippen molar-refractivity contribution in [1.29, 1.82) is 0 Å². The zero-order valence-electron chi connectivity index (χ0n) is 15.5. The van der Waals surface area contributed by atoms with Crippen LogP contribution in [0, 0.1) is 0 Å². The highest BCUT2D eigenvalue weighted by Gasteiger charge is 2.24. The van der Waals surface area contributed by atoms with E-state index in [1.807, 2.05) is 36.4 Å². The number of methoxy groups -OCH3 is 1. The van der Waals surface area contributed by atoms with E-state index < -0.39 is 0 Å². The van der Waals surface area contributed by atoms with Gasteiger partial charge < -0.3 is 10.1 Å². The number of carbonyl (C=O) groups excluding carboxylic acids is 1. The van der Waals surface area contributed by atoms with Crippen molar-refractivity contribution in [2.75, 3.05) is 32.5 Å². The Kier molecular flexibility index (Phi) is 7.44. The zero-order valence-corrected chi connectivity index (χ0v) is 17.1. The van der Waals surface area contributed by atoms with E-state index >= 15 is 0 Å². The number of benzene rings is 2. The Morgan fingerprint density at radius 2 is 1.89 bits per heavy atom. The van der Waals surface area contributed by atoms with E-state index in [0.717, 1.165) is 23.7 Å². The van der Waals surface area contributed by atoms with Gasteiger partial charge in [-0.1, -0.05) is 35.9 Å². The topological polar surface area (TPSA) is 41.6 Å². The first kappa shape index (κ1) is 20.1. The molecule has 0 radical (unpaired) electrons. The van der Waals surface area contributed by atoms with Crippen LogP contribution in [0.5, 0.6) is 5.75 Å². The number of thioether (sulfide) groups is 1. The quantitative estimate of drug-likeness (QED) is 0.662. The smallest absolute Gasteiger partial charge is 0.230 e. The summed E-state index contributed by atoms with van der Waals surface area (Å²) in [5.41, 5.74) is 1.21. The molecule has 0 aliphatic carbocycles. The van der Waals surface area contributed by atoms with Crippen molar-refractivity contribution < 1.29 is 9.53 Å².